The van der Waals surface area contributed by atoms with Gasteiger partial charge < -0.3 is 0 Å². The number of halogens is 1. The second-order valence-electron chi connectivity index (χ2n) is 2.13. The molecule has 1 aromatic rings. The molecule has 0 fully saturated rings. The van der Waals surface area contributed by atoms with Crippen LogP contribution < -0.4 is 10.4 Å². The zero-order chi connectivity index (χ0) is 7.56. The minimum absolute atomic E-state index is 1.07. The van der Waals surface area contributed by atoms with Crippen molar-refractivity contribution in [3.05, 3.63) is 33.1 Å². The summed E-state index contributed by atoms with van der Waals surface area (Å²) in [5.74, 6) is 0. The fourth-order valence-corrected chi connectivity index (χ4v) is 1.21. The molecule has 1 rings (SSSR count). The first-order valence-corrected chi connectivity index (χ1v) is 3.94. The van der Waals surface area contributed by atoms with E-state index in [0.717, 1.165) is 9.69 Å². The van der Waals surface area contributed by atoms with E-state index in [1.807, 2.05) is 25.1 Å². The summed E-state index contributed by atoms with van der Waals surface area (Å²) in [5.41, 5.74) is 0. The predicted molar refractivity (Wildman–Crippen MR) is 49.1 cm³/mol. The van der Waals surface area contributed by atoms with Crippen LogP contribution in [0.4, 0.5) is 0 Å². The largest absolute Gasteiger partial charge is 0.0912 e. The molecule has 0 radical (unpaired) electrons. The first-order valence-electron chi connectivity index (χ1n) is 3.15. The van der Waals surface area contributed by atoms with Crippen LogP contribution in [-0.4, -0.2) is 0 Å². The topological polar surface area (TPSA) is 0 Å². The molecule has 0 bridgehead atoms. The van der Waals surface area contributed by atoms with Gasteiger partial charge in [0.25, 0.3) is 0 Å². The Morgan fingerprint density at radius 2 is 2.20 bits per heavy atom. The van der Waals surface area contributed by atoms with Crippen molar-refractivity contribution in [2.75, 3.05) is 0 Å². The average molecular weight is 197 g/mol. The van der Waals surface area contributed by atoms with Crippen LogP contribution in [-0.2, 0) is 0 Å². The van der Waals surface area contributed by atoms with Gasteiger partial charge in [0.05, 0.1) is 0 Å². The highest BCUT2D eigenvalue weighted by Gasteiger charge is 1.83. The normalized spacial score (nSPS) is 12.0. The third-order valence-corrected chi connectivity index (χ3v) is 1.91. The molecule has 1 heteroatoms. The SMILES string of the molecule is C=c1ccc(Br)c/c1=C/C. The molecular formula is C9H9Br. The highest BCUT2D eigenvalue weighted by Crippen LogP contribution is 2.01. The zero-order valence-electron chi connectivity index (χ0n) is 5.89. The molecule has 0 nitrogen and oxygen atoms in total. The molecule has 0 amide bonds. The number of hydrogen-bond donors (Lipinski definition) is 0. The van der Waals surface area contributed by atoms with Crippen LogP contribution in [0.15, 0.2) is 22.7 Å². The maximum Gasteiger partial charge on any atom is 0.0181 e. The standard InChI is InChI=1S/C9H9Br/c1-3-8-6-9(10)5-4-7(8)2/h3-6H,2H2,1H3/b8-3-. The van der Waals surface area contributed by atoms with E-state index in [9.17, 15) is 0 Å². The monoisotopic (exact) mass is 196 g/mol. The molecule has 0 unspecified atom stereocenters. The molecule has 1 aromatic carbocycles. The van der Waals surface area contributed by atoms with E-state index >= 15 is 0 Å². The molecule has 0 saturated heterocycles. The van der Waals surface area contributed by atoms with Gasteiger partial charge in [-0.3, -0.25) is 0 Å². The lowest BCUT2D eigenvalue weighted by atomic mass is 10.2. The Bertz CT molecular complexity index is 325. The predicted octanol–water partition coefficient (Wildman–Crippen LogP) is 1.66. The third kappa shape index (κ3) is 1.48. The lowest BCUT2D eigenvalue weighted by molar-refractivity contribution is 1.49. The van der Waals surface area contributed by atoms with Gasteiger partial charge in [-0.05, 0) is 29.5 Å². The number of hydrogen-bond acceptors (Lipinski definition) is 0. The number of benzene rings is 1. The Labute approximate surface area is 69.0 Å². The van der Waals surface area contributed by atoms with Crippen molar-refractivity contribution in [1.29, 1.82) is 0 Å². The second-order valence-corrected chi connectivity index (χ2v) is 3.05. The molecule has 0 aliphatic heterocycles. The van der Waals surface area contributed by atoms with Gasteiger partial charge in [-0.1, -0.05) is 34.7 Å². The van der Waals surface area contributed by atoms with Crippen molar-refractivity contribution in [3.8, 4) is 0 Å². The molecule has 0 saturated carbocycles. The minimum atomic E-state index is 1.07. The van der Waals surface area contributed by atoms with E-state index in [4.69, 9.17) is 0 Å². The molecular weight excluding hydrogens is 188 g/mol. The van der Waals surface area contributed by atoms with Crippen molar-refractivity contribution in [2.45, 2.75) is 6.92 Å². The van der Waals surface area contributed by atoms with Gasteiger partial charge in [-0.2, -0.15) is 0 Å². The molecule has 0 aliphatic rings. The fourth-order valence-electron chi connectivity index (χ4n) is 0.835. The summed E-state index contributed by atoms with van der Waals surface area (Å²) in [6.45, 7) is 5.89. The average Bonchev–Trinajstić information content (AvgIpc) is 1.94. The first kappa shape index (κ1) is 7.55. The molecule has 0 atom stereocenters. The zero-order valence-corrected chi connectivity index (χ0v) is 7.48. The van der Waals surface area contributed by atoms with E-state index in [0.29, 0.717) is 0 Å². The van der Waals surface area contributed by atoms with Crippen molar-refractivity contribution >= 4 is 28.6 Å². The van der Waals surface area contributed by atoms with Crippen LogP contribution in [0.1, 0.15) is 6.92 Å². The lowest BCUT2D eigenvalue weighted by Crippen LogP contribution is -2.21. The molecule has 0 aliphatic carbocycles. The lowest BCUT2D eigenvalue weighted by Gasteiger charge is -1.88. The van der Waals surface area contributed by atoms with Crippen LogP contribution in [0.3, 0.4) is 0 Å². The summed E-state index contributed by atoms with van der Waals surface area (Å²) in [5, 5.41) is 2.26. The maximum absolute atomic E-state index is 3.88. The number of rotatable bonds is 0. The summed E-state index contributed by atoms with van der Waals surface area (Å²) < 4.78 is 1.10. The summed E-state index contributed by atoms with van der Waals surface area (Å²) >= 11 is 3.39. The van der Waals surface area contributed by atoms with Gasteiger partial charge in [0, 0.05) is 4.47 Å². The fraction of sp³-hybridized carbons (Fsp3) is 0.111. The van der Waals surface area contributed by atoms with E-state index in [2.05, 4.69) is 28.6 Å². The maximum atomic E-state index is 3.88. The van der Waals surface area contributed by atoms with Gasteiger partial charge in [0.15, 0.2) is 0 Å². The highest BCUT2D eigenvalue weighted by atomic mass is 79.9. The Kier molecular flexibility index (Phi) is 2.28. The van der Waals surface area contributed by atoms with E-state index < -0.39 is 0 Å². The van der Waals surface area contributed by atoms with Gasteiger partial charge in [-0.25, -0.2) is 0 Å². The van der Waals surface area contributed by atoms with Gasteiger partial charge in [0.1, 0.15) is 0 Å². The molecule has 0 spiro atoms. The quantitative estimate of drug-likeness (QED) is 0.593. The Hall–Kier alpha value is -0.560. The molecule has 0 N–H and O–H groups in total. The van der Waals surface area contributed by atoms with Crippen LogP contribution in [0.2, 0.25) is 0 Å². The van der Waals surface area contributed by atoms with E-state index in [1.165, 1.54) is 5.22 Å². The van der Waals surface area contributed by atoms with Gasteiger partial charge >= 0.3 is 0 Å². The van der Waals surface area contributed by atoms with E-state index in [-0.39, 0.29) is 0 Å². The summed E-state index contributed by atoms with van der Waals surface area (Å²) in [6, 6.07) is 6.05. The first-order chi connectivity index (χ1) is 4.74. The Morgan fingerprint density at radius 1 is 1.50 bits per heavy atom. The van der Waals surface area contributed by atoms with Crippen LogP contribution in [0.25, 0.3) is 12.7 Å². The molecule has 10 heavy (non-hydrogen) atoms. The van der Waals surface area contributed by atoms with Gasteiger partial charge in [0.2, 0.25) is 0 Å². The molecule has 52 valence electrons. The second kappa shape index (κ2) is 3.02. The van der Waals surface area contributed by atoms with Crippen LogP contribution in [0.5, 0.6) is 0 Å². The van der Waals surface area contributed by atoms with Crippen LogP contribution >= 0.6 is 15.9 Å². The molecule has 0 heterocycles. The Balaban J connectivity index is 3.53. The van der Waals surface area contributed by atoms with Crippen molar-refractivity contribution < 1.29 is 0 Å². The minimum Gasteiger partial charge on any atom is -0.0912 e. The van der Waals surface area contributed by atoms with Crippen molar-refractivity contribution in [3.63, 3.8) is 0 Å². The van der Waals surface area contributed by atoms with Crippen molar-refractivity contribution in [2.24, 2.45) is 0 Å². The van der Waals surface area contributed by atoms with Crippen molar-refractivity contribution in [1.82, 2.24) is 0 Å². The third-order valence-electron chi connectivity index (χ3n) is 1.42. The highest BCUT2D eigenvalue weighted by molar-refractivity contribution is 9.10. The summed E-state index contributed by atoms with van der Waals surface area (Å²) in [6.07, 6.45) is 2.05. The van der Waals surface area contributed by atoms with E-state index in [1.54, 1.807) is 0 Å². The summed E-state index contributed by atoms with van der Waals surface area (Å²) in [7, 11) is 0. The van der Waals surface area contributed by atoms with Crippen LogP contribution in [0, 0.1) is 0 Å². The van der Waals surface area contributed by atoms with Gasteiger partial charge in [-0.15, -0.1) is 0 Å². The summed E-state index contributed by atoms with van der Waals surface area (Å²) in [4.78, 5) is 0. The smallest absolute Gasteiger partial charge is 0.0181 e. The Morgan fingerprint density at radius 3 is 2.70 bits per heavy atom. The molecule has 0 aromatic heterocycles.